The molecule has 0 atom stereocenters. The second-order valence-electron chi connectivity index (χ2n) is 34.4. The number of hydrogen-bond donors (Lipinski definition) is 0. The predicted octanol–water partition coefficient (Wildman–Crippen LogP) is 30.8. The quantitative estimate of drug-likeness (QED) is 0.136. The molecule has 10 aromatic heterocycles. The van der Waals surface area contributed by atoms with Crippen molar-refractivity contribution in [2.45, 2.75) is 0 Å². The van der Waals surface area contributed by atoms with Crippen molar-refractivity contribution in [1.29, 1.82) is 0 Å². The molecule has 0 spiro atoms. The van der Waals surface area contributed by atoms with Gasteiger partial charge in [0.25, 0.3) is 0 Å². The van der Waals surface area contributed by atoms with Crippen molar-refractivity contribution in [3.05, 3.63) is 473 Å². The molecule has 29 aromatic rings. The van der Waals surface area contributed by atoms with E-state index in [1.807, 2.05) is 12.1 Å². The molecule has 0 radical (unpaired) electrons. The van der Waals surface area contributed by atoms with Crippen molar-refractivity contribution < 1.29 is 0 Å². The van der Waals surface area contributed by atoms with Crippen LogP contribution in [0.2, 0.25) is 0 Å². The van der Waals surface area contributed by atoms with E-state index in [4.69, 9.17) is 19.9 Å². The Balaban J connectivity index is 0.000000107. The zero-order chi connectivity index (χ0) is 88.0. The Morgan fingerprint density at radius 3 is 0.716 bits per heavy atom. The van der Waals surface area contributed by atoms with E-state index < -0.39 is 0 Å². The van der Waals surface area contributed by atoms with Gasteiger partial charge in [-0.1, -0.05) is 322 Å². The summed E-state index contributed by atoms with van der Waals surface area (Å²) in [5, 5.41) is 19.4. The standard InChI is InChI=1S/C54H34N4.C39H24N6.C29H20N2/c1-4-16-35(17-5-1)55-49-30-28-38(32-45(49)53-50(55)31-29-42-39-22-10-15-27-48(39)58(54(42)53)37-20-8-3-9-21-37)57-47-26-14-12-24-41(47)44-33-43-40-23-11-13-25-46(40)56(51(43)34-52(44)57)36-18-6-2-7-19-36;1-7-19-31-25(13-1)26-14-2-8-20-32(26)43(31)37-40-38(44-33-21-9-3-15-27(33)28-16-4-10-22-34(28)44)42-39(41-37)45-35-23-11-5-17-29(35)30-18-6-12-24-36(30)45;1-3-11-21(12-4-1)26-19-23(20-27(30-26)22-13-5-2-6-14-22)31-28-17-9-7-15-24(28)25-16-8-10-18-29(25)31/h1-34H;1-24H;1-20H. The third-order valence-corrected chi connectivity index (χ3v) is 27.0. The third-order valence-electron chi connectivity index (χ3n) is 27.0. The maximum atomic E-state index is 5.28. The summed E-state index contributed by atoms with van der Waals surface area (Å²) in [5.74, 6) is 1.70. The number of aromatic nitrogens is 12. The number of benzene rings is 19. The fourth-order valence-corrected chi connectivity index (χ4v) is 21.4. The van der Waals surface area contributed by atoms with Crippen LogP contribution < -0.4 is 0 Å². The number of pyridine rings is 1. The van der Waals surface area contributed by atoms with Crippen molar-refractivity contribution in [3.63, 3.8) is 0 Å². The molecule has 12 nitrogen and oxygen atoms in total. The summed E-state index contributed by atoms with van der Waals surface area (Å²) >= 11 is 0. The van der Waals surface area contributed by atoms with Crippen molar-refractivity contribution in [2.75, 3.05) is 0 Å². The highest BCUT2D eigenvalue weighted by Gasteiger charge is 2.28. The van der Waals surface area contributed by atoms with Gasteiger partial charge in [-0.3, -0.25) is 13.7 Å². The largest absolute Gasteiger partial charge is 0.309 e. The first kappa shape index (κ1) is 75.8. The summed E-state index contributed by atoms with van der Waals surface area (Å²) < 4.78 is 18.7. The van der Waals surface area contributed by atoms with Crippen molar-refractivity contribution in [3.8, 4) is 68.8 Å². The van der Waals surface area contributed by atoms with E-state index in [1.54, 1.807) is 0 Å². The molecule has 626 valence electrons. The highest BCUT2D eigenvalue weighted by atomic mass is 15.3. The molecular formula is C122H78N12. The topological polar surface area (TPSA) is 91.0 Å². The Hall–Kier alpha value is -18.3. The number of hydrogen-bond acceptors (Lipinski definition) is 4. The van der Waals surface area contributed by atoms with Gasteiger partial charge < -0.3 is 22.8 Å². The van der Waals surface area contributed by atoms with E-state index in [0.29, 0.717) is 17.8 Å². The highest BCUT2D eigenvalue weighted by molar-refractivity contribution is 6.27. The summed E-state index contributed by atoms with van der Waals surface area (Å²) in [6.45, 7) is 0. The van der Waals surface area contributed by atoms with E-state index in [2.05, 4.69) is 498 Å². The van der Waals surface area contributed by atoms with Gasteiger partial charge in [0.15, 0.2) is 0 Å². The normalized spacial score (nSPS) is 11.9. The maximum absolute atomic E-state index is 5.28. The monoisotopic (exact) mass is 1710 g/mol. The fraction of sp³-hybridized carbons (Fsp3) is 0. The lowest BCUT2D eigenvalue weighted by molar-refractivity contribution is 0.848. The Morgan fingerprint density at radius 2 is 0.373 bits per heavy atom. The molecule has 12 heteroatoms. The predicted molar refractivity (Wildman–Crippen MR) is 556 cm³/mol. The van der Waals surface area contributed by atoms with Gasteiger partial charge in [0.05, 0.1) is 105 Å². The van der Waals surface area contributed by atoms with Crippen molar-refractivity contribution in [1.82, 2.24) is 56.5 Å². The van der Waals surface area contributed by atoms with Gasteiger partial charge in [-0.15, -0.1) is 0 Å². The van der Waals surface area contributed by atoms with E-state index in [0.717, 1.165) is 116 Å². The Morgan fingerprint density at radius 1 is 0.127 bits per heavy atom. The maximum Gasteiger partial charge on any atom is 0.241 e. The van der Waals surface area contributed by atoms with Gasteiger partial charge in [-0.05, 0) is 152 Å². The molecule has 0 saturated carbocycles. The van der Waals surface area contributed by atoms with E-state index >= 15 is 0 Å². The Bertz CT molecular complexity index is 9190. The zero-order valence-electron chi connectivity index (χ0n) is 72.4. The van der Waals surface area contributed by atoms with E-state index in [9.17, 15) is 0 Å². The number of rotatable bonds is 10. The van der Waals surface area contributed by atoms with Crippen LogP contribution in [-0.2, 0) is 0 Å². The SMILES string of the molecule is c1ccc(-c2cc(-n3c4ccccc4c4ccccc43)cc(-c3ccccc3)n2)cc1.c1ccc(-n2c3ccccc3c3cc4c5ccccc5n(-c5ccc6c(c5)c5c(ccc7c8ccccc8n(-c8ccccc8)c75)n6-c5ccccc5)c4cc32)cc1.c1ccc2c(c1)c1ccccc1n2-c1nc(-n2c3ccccc3c3ccccc32)nc(-n2c3ccccc3c3ccccc32)n1. The van der Waals surface area contributed by atoms with Gasteiger partial charge in [0, 0.05) is 120 Å². The van der Waals surface area contributed by atoms with Gasteiger partial charge in [-0.25, -0.2) is 4.98 Å². The minimum atomic E-state index is 0.566. The van der Waals surface area contributed by atoms with Gasteiger partial charge in [0.2, 0.25) is 17.8 Å². The second kappa shape index (κ2) is 30.7. The fourth-order valence-electron chi connectivity index (χ4n) is 21.4. The number of nitrogens with zero attached hydrogens (tertiary/aromatic N) is 12. The second-order valence-corrected chi connectivity index (χ2v) is 34.4. The third kappa shape index (κ3) is 11.9. The molecule has 134 heavy (non-hydrogen) atoms. The van der Waals surface area contributed by atoms with Crippen LogP contribution in [-0.4, -0.2) is 56.5 Å². The lowest BCUT2D eigenvalue weighted by Crippen LogP contribution is -2.13. The lowest BCUT2D eigenvalue weighted by Gasteiger charge is -2.14. The average molecular weight is 1710 g/mol. The minimum absolute atomic E-state index is 0.566. The molecule has 0 amide bonds. The molecule has 19 aromatic carbocycles. The molecule has 0 aliphatic heterocycles. The van der Waals surface area contributed by atoms with E-state index in [1.165, 1.54) is 109 Å². The van der Waals surface area contributed by atoms with Crippen LogP contribution in [0.3, 0.4) is 0 Å². The summed E-state index contributed by atoms with van der Waals surface area (Å²) in [5.41, 5.74) is 28.1. The van der Waals surface area contributed by atoms with Gasteiger partial charge in [-0.2, -0.15) is 15.0 Å². The summed E-state index contributed by atoms with van der Waals surface area (Å²) in [6.07, 6.45) is 0. The molecule has 10 heterocycles. The first-order valence-electron chi connectivity index (χ1n) is 45.5. The molecule has 0 aliphatic carbocycles. The van der Waals surface area contributed by atoms with Crippen LogP contribution in [0.5, 0.6) is 0 Å². The van der Waals surface area contributed by atoms with E-state index in [-0.39, 0.29) is 0 Å². The van der Waals surface area contributed by atoms with Gasteiger partial charge in [0.1, 0.15) is 0 Å². The summed E-state index contributed by atoms with van der Waals surface area (Å²) in [6, 6.07) is 169. The number of fused-ring (bicyclic) bond motifs is 25. The van der Waals surface area contributed by atoms with Crippen LogP contribution in [0.1, 0.15) is 0 Å². The average Bonchev–Trinajstić information content (AvgIpc) is 1.54. The van der Waals surface area contributed by atoms with Crippen molar-refractivity contribution in [2.24, 2.45) is 0 Å². The molecule has 0 N–H and O–H groups in total. The molecule has 0 unspecified atom stereocenters. The molecule has 0 saturated heterocycles. The van der Waals surface area contributed by atoms with Crippen LogP contribution in [0.15, 0.2) is 473 Å². The molecule has 0 bridgehead atoms. The van der Waals surface area contributed by atoms with Crippen LogP contribution in [0, 0.1) is 0 Å². The van der Waals surface area contributed by atoms with Crippen molar-refractivity contribution >= 4 is 174 Å². The number of para-hydroxylation sites is 14. The summed E-state index contributed by atoms with van der Waals surface area (Å²) in [7, 11) is 0. The van der Waals surface area contributed by atoms with Crippen LogP contribution >= 0.6 is 0 Å². The van der Waals surface area contributed by atoms with Gasteiger partial charge >= 0.3 is 0 Å². The Labute approximate surface area is 767 Å². The molecule has 0 fully saturated rings. The minimum Gasteiger partial charge on any atom is -0.309 e. The first-order chi connectivity index (χ1) is 66.5. The molecule has 0 aliphatic rings. The van der Waals surface area contributed by atoms with Crippen LogP contribution in [0.25, 0.3) is 243 Å². The first-order valence-corrected chi connectivity index (χ1v) is 45.5. The lowest BCUT2D eigenvalue weighted by atomic mass is 10.1. The molecular weight excluding hydrogens is 1630 g/mol. The summed E-state index contributed by atoms with van der Waals surface area (Å²) in [4.78, 5) is 20.9. The Kier molecular flexibility index (Phi) is 17.4. The highest BCUT2D eigenvalue weighted by Crippen LogP contribution is 2.47. The van der Waals surface area contributed by atoms with Crippen LogP contribution in [0.4, 0.5) is 0 Å². The smallest absolute Gasteiger partial charge is 0.241 e. The zero-order valence-corrected chi connectivity index (χ0v) is 72.4. The molecule has 29 rings (SSSR count).